The fourth-order valence-corrected chi connectivity index (χ4v) is 4.24. The molecule has 0 aromatic carbocycles. The van der Waals surface area contributed by atoms with Crippen molar-refractivity contribution in [2.24, 2.45) is 23.2 Å². The molecule has 0 saturated heterocycles. The molecule has 4 atom stereocenters. The molecule has 0 aromatic heterocycles. The van der Waals surface area contributed by atoms with E-state index in [1.165, 1.54) is 44.1 Å². The van der Waals surface area contributed by atoms with Crippen LogP contribution in [-0.2, 0) is 0 Å². The van der Waals surface area contributed by atoms with Gasteiger partial charge >= 0.3 is 0 Å². The summed E-state index contributed by atoms with van der Waals surface area (Å²) < 4.78 is 0. The Morgan fingerprint density at radius 2 is 2.00 bits per heavy atom. The van der Waals surface area contributed by atoms with Crippen molar-refractivity contribution in [1.29, 1.82) is 0 Å². The first kappa shape index (κ1) is 11.2. The largest absolute Gasteiger partial charge is 0.0999 e. The van der Waals surface area contributed by atoms with Crippen LogP contribution in [0.3, 0.4) is 0 Å². The lowest BCUT2D eigenvalue weighted by Gasteiger charge is -2.34. The minimum atomic E-state index is 0.638. The molecule has 0 aromatic rings. The molecule has 15 heavy (non-hydrogen) atoms. The van der Waals surface area contributed by atoms with E-state index in [0.717, 1.165) is 17.8 Å². The third kappa shape index (κ3) is 2.00. The molecule has 2 aliphatic rings. The van der Waals surface area contributed by atoms with E-state index < -0.39 is 0 Å². The van der Waals surface area contributed by atoms with Crippen molar-refractivity contribution in [2.45, 2.75) is 59.3 Å². The third-order valence-electron chi connectivity index (χ3n) is 5.23. The summed E-state index contributed by atoms with van der Waals surface area (Å²) in [5, 5.41) is 0. The van der Waals surface area contributed by atoms with Crippen molar-refractivity contribution in [3.05, 3.63) is 12.2 Å². The van der Waals surface area contributed by atoms with Crippen LogP contribution in [0, 0.1) is 23.2 Å². The zero-order chi connectivity index (χ0) is 11.1. The Morgan fingerprint density at radius 3 is 2.67 bits per heavy atom. The maximum Gasteiger partial charge on any atom is -0.0203 e. The number of hydrogen-bond acceptors (Lipinski definition) is 0. The Morgan fingerprint density at radius 1 is 1.27 bits per heavy atom. The molecule has 86 valence electrons. The van der Waals surface area contributed by atoms with Gasteiger partial charge in [-0.3, -0.25) is 0 Å². The predicted octanol–water partition coefficient (Wildman–Crippen LogP) is 4.81. The molecule has 4 unspecified atom stereocenters. The first-order chi connectivity index (χ1) is 7.03. The van der Waals surface area contributed by atoms with Crippen LogP contribution in [0.1, 0.15) is 59.3 Å². The van der Waals surface area contributed by atoms with Gasteiger partial charge in [-0.2, -0.15) is 0 Å². The molecule has 2 fully saturated rings. The van der Waals surface area contributed by atoms with E-state index in [0.29, 0.717) is 5.41 Å². The zero-order valence-corrected chi connectivity index (χ0v) is 10.7. The highest BCUT2D eigenvalue weighted by atomic mass is 14.5. The van der Waals surface area contributed by atoms with Gasteiger partial charge in [0.15, 0.2) is 0 Å². The molecule has 2 rings (SSSR count). The quantitative estimate of drug-likeness (QED) is 0.540. The molecule has 0 aliphatic heterocycles. The maximum atomic E-state index is 4.19. The van der Waals surface area contributed by atoms with Crippen LogP contribution in [0.15, 0.2) is 12.2 Å². The Labute approximate surface area is 95.1 Å². The van der Waals surface area contributed by atoms with Gasteiger partial charge in [-0.25, -0.2) is 0 Å². The fourth-order valence-electron chi connectivity index (χ4n) is 4.24. The highest BCUT2D eigenvalue weighted by Crippen LogP contribution is 2.54. The van der Waals surface area contributed by atoms with Gasteiger partial charge in [-0.05, 0) is 62.2 Å². The summed E-state index contributed by atoms with van der Waals surface area (Å²) in [4.78, 5) is 0. The summed E-state index contributed by atoms with van der Waals surface area (Å²) in [5.41, 5.74) is 2.07. The molecule has 0 spiro atoms. The van der Waals surface area contributed by atoms with Gasteiger partial charge in [0.1, 0.15) is 0 Å². The first-order valence-corrected chi connectivity index (χ1v) is 6.68. The van der Waals surface area contributed by atoms with Crippen LogP contribution in [0.5, 0.6) is 0 Å². The Kier molecular flexibility index (Phi) is 2.96. The maximum absolute atomic E-state index is 4.19. The Bertz CT molecular complexity index is 253. The number of fused-ring (bicyclic) bond motifs is 1. The normalized spacial score (nSPS) is 45.9. The van der Waals surface area contributed by atoms with Gasteiger partial charge in [0, 0.05) is 0 Å². The van der Waals surface area contributed by atoms with Crippen LogP contribution in [0.25, 0.3) is 0 Å². The van der Waals surface area contributed by atoms with Crippen molar-refractivity contribution >= 4 is 0 Å². The summed E-state index contributed by atoms with van der Waals surface area (Å²) in [5.74, 6) is 2.75. The summed E-state index contributed by atoms with van der Waals surface area (Å²) >= 11 is 0. The van der Waals surface area contributed by atoms with Crippen molar-refractivity contribution in [3.63, 3.8) is 0 Å². The lowest BCUT2D eigenvalue weighted by molar-refractivity contribution is 0.159. The average Bonchev–Trinajstić information content (AvgIpc) is 2.49. The van der Waals surface area contributed by atoms with E-state index in [1.807, 2.05) is 0 Å². The fraction of sp³-hybridized carbons (Fsp3) is 0.867. The van der Waals surface area contributed by atoms with Crippen LogP contribution < -0.4 is 0 Å². The van der Waals surface area contributed by atoms with E-state index >= 15 is 0 Å². The molecular formula is C15H26. The monoisotopic (exact) mass is 206 g/mol. The predicted molar refractivity (Wildman–Crippen MR) is 66.8 cm³/mol. The summed E-state index contributed by atoms with van der Waals surface area (Å²) in [6.45, 7) is 11.4. The lowest BCUT2D eigenvalue weighted by atomic mass is 9.70. The summed E-state index contributed by atoms with van der Waals surface area (Å²) in [6, 6.07) is 0. The molecule has 0 N–H and O–H groups in total. The van der Waals surface area contributed by atoms with E-state index in [9.17, 15) is 0 Å². The van der Waals surface area contributed by atoms with Gasteiger partial charge in [-0.15, -0.1) is 0 Å². The van der Waals surface area contributed by atoms with Crippen molar-refractivity contribution < 1.29 is 0 Å². The van der Waals surface area contributed by atoms with Crippen LogP contribution in [0.4, 0.5) is 0 Å². The number of rotatable bonds is 1. The minimum absolute atomic E-state index is 0.638. The molecular weight excluding hydrogens is 180 g/mol. The second-order valence-corrected chi connectivity index (χ2v) is 6.45. The average molecular weight is 206 g/mol. The molecule has 2 saturated carbocycles. The Balaban J connectivity index is 2.19. The van der Waals surface area contributed by atoms with Gasteiger partial charge < -0.3 is 0 Å². The zero-order valence-electron chi connectivity index (χ0n) is 10.7. The highest BCUT2D eigenvalue weighted by Gasteiger charge is 2.44. The number of allylic oxidation sites excluding steroid dienone is 1. The van der Waals surface area contributed by atoms with E-state index in [-0.39, 0.29) is 0 Å². The van der Waals surface area contributed by atoms with Gasteiger partial charge in [0.25, 0.3) is 0 Å². The van der Waals surface area contributed by atoms with Gasteiger partial charge in [0.05, 0.1) is 0 Å². The van der Waals surface area contributed by atoms with E-state index in [2.05, 4.69) is 27.4 Å². The minimum Gasteiger partial charge on any atom is -0.0999 e. The molecule has 0 bridgehead atoms. The van der Waals surface area contributed by atoms with Crippen LogP contribution in [0.2, 0.25) is 0 Å². The Hall–Kier alpha value is -0.260. The third-order valence-corrected chi connectivity index (χ3v) is 5.23. The molecule has 0 radical (unpaired) electrons. The van der Waals surface area contributed by atoms with Crippen molar-refractivity contribution in [3.8, 4) is 0 Å². The van der Waals surface area contributed by atoms with Gasteiger partial charge in [0.2, 0.25) is 0 Å². The topological polar surface area (TPSA) is 0 Å². The molecule has 0 nitrogen and oxygen atoms in total. The van der Waals surface area contributed by atoms with Crippen LogP contribution in [-0.4, -0.2) is 0 Å². The highest BCUT2D eigenvalue weighted by molar-refractivity contribution is 5.03. The second kappa shape index (κ2) is 3.96. The molecule has 2 aliphatic carbocycles. The standard InChI is InChI=1S/C15H26/c1-11(2)13-8-7-12(3)14-6-5-9-15(14,4)10-13/h12-14H,1,5-10H2,2-4H3. The smallest absolute Gasteiger partial charge is 0.0203 e. The van der Waals surface area contributed by atoms with Gasteiger partial charge in [-0.1, -0.05) is 32.4 Å². The molecule has 0 heteroatoms. The number of hydrogen-bond donors (Lipinski definition) is 0. The van der Waals surface area contributed by atoms with Crippen molar-refractivity contribution in [2.75, 3.05) is 0 Å². The van der Waals surface area contributed by atoms with Crippen LogP contribution >= 0.6 is 0 Å². The summed E-state index contributed by atoms with van der Waals surface area (Å²) in [7, 11) is 0. The lowest BCUT2D eigenvalue weighted by Crippen LogP contribution is -2.26. The molecule has 0 heterocycles. The first-order valence-electron chi connectivity index (χ1n) is 6.68. The van der Waals surface area contributed by atoms with Crippen molar-refractivity contribution in [1.82, 2.24) is 0 Å². The summed E-state index contributed by atoms with van der Waals surface area (Å²) in [6.07, 6.45) is 8.65. The van der Waals surface area contributed by atoms with E-state index in [4.69, 9.17) is 0 Å². The second-order valence-electron chi connectivity index (χ2n) is 6.45. The van der Waals surface area contributed by atoms with E-state index in [1.54, 1.807) is 0 Å². The molecule has 0 amide bonds. The SMILES string of the molecule is C=C(C)C1CCC(C)C2CCCC2(C)C1.